The molecule has 0 fully saturated rings. The highest BCUT2D eigenvalue weighted by Crippen LogP contribution is 2.14. The minimum atomic E-state index is -0.731. The predicted octanol–water partition coefficient (Wildman–Crippen LogP) is 3.13. The Balaban J connectivity index is 2.58. The first-order valence-corrected chi connectivity index (χ1v) is 5.06. The summed E-state index contributed by atoms with van der Waals surface area (Å²) in [6, 6.07) is 8.10. The molecule has 0 saturated heterocycles. The average Bonchev–Trinajstić information content (AvgIpc) is 2.17. The van der Waals surface area contributed by atoms with Crippen LogP contribution in [0.1, 0.15) is 30.9 Å². The maximum atomic E-state index is 10.4. The van der Waals surface area contributed by atoms with E-state index >= 15 is 0 Å². The molecule has 2 heteroatoms. The van der Waals surface area contributed by atoms with Crippen LogP contribution in [-0.4, -0.2) is 11.1 Å². The van der Waals surface area contributed by atoms with Gasteiger partial charge in [0, 0.05) is 6.42 Å². The summed E-state index contributed by atoms with van der Waals surface area (Å²) in [5, 5.41) is 8.52. The molecule has 0 spiro atoms. The van der Waals surface area contributed by atoms with Crippen LogP contribution in [0.25, 0.3) is 5.57 Å². The molecule has 0 amide bonds. The quantitative estimate of drug-likeness (QED) is 0.800. The topological polar surface area (TPSA) is 37.3 Å². The zero-order valence-corrected chi connectivity index (χ0v) is 8.99. The Labute approximate surface area is 90.3 Å². The van der Waals surface area contributed by atoms with Crippen molar-refractivity contribution in [2.45, 2.75) is 26.2 Å². The van der Waals surface area contributed by atoms with E-state index in [0.29, 0.717) is 6.42 Å². The monoisotopic (exact) mass is 204 g/mol. The summed E-state index contributed by atoms with van der Waals surface area (Å²) in [7, 11) is 0. The van der Waals surface area contributed by atoms with Crippen LogP contribution in [0.5, 0.6) is 0 Å². The van der Waals surface area contributed by atoms with E-state index in [1.54, 1.807) is 0 Å². The van der Waals surface area contributed by atoms with Gasteiger partial charge in [0.1, 0.15) is 0 Å². The third-order valence-corrected chi connectivity index (χ3v) is 2.28. The number of carboxylic acid groups (broad SMARTS) is 1. The Morgan fingerprint density at radius 1 is 1.47 bits per heavy atom. The largest absolute Gasteiger partial charge is 0.481 e. The molecule has 0 unspecified atom stereocenters. The van der Waals surface area contributed by atoms with E-state index in [9.17, 15) is 4.79 Å². The lowest BCUT2D eigenvalue weighted by Gasteiger charge is -2.03. The maximum absolute atomic E-state index is 10.4. The molecule has 0 heterocycles. The Morgan fingerprint density at radius 2 is 2.20 bits per heavy atom. The van der Waals surface area contributed by atoms with Gasteiger partial charge in [-0.05, 0) is 30.9 Å². The third kappa shape index (κ3) is 3.98. The van der Waals surface area contributed by atoms with Crippen molar-refractivity contribution in [3.05, 3.63) is 42.0 Å². The number of allylic oxidation sites excluding steroid dienone is 1. The Morgan fingerprint density at radius 3 is 2.80 bits per heavy atom. The molecule has 80 valence electrons. The van der Waals surface area contributed by atoms with Gasteiger partial charge in [-0.25, -0.2) is 0 Å². The van der Waals surface area contributed by atoms with Crippen molar-refractivity contribution >= 4 is 11.5 Å². The molecule has 0 saturated carbocycles. The number of rotatable bonds is 5. The molecule has 0 bridgehead atoms. The van der Waals surface area contributed by atoms with Crippen molar-refractivity contribution in [1.82, 2.24) is 0 Å². The molecule has 0 aliphatic carbocycles. The van der Waals surface area contributed by atoms with Gasteiger partial charge in [-0.2, -0.15) is 0 Å². The normalized spacial score (nSPS) is 9.93. The molecule has 1 N–H and O–H groups in total. The summed E-state index contributed by atoms with van der Waals surface area (Å²) in [5.74, 6) is -0.731. The van der Waals surface area contributed by atoms with E-state index < -0.39 is 5.97 Å². The molecule has 1 aromatic rings. The third-order valence-electron chi connectivity index (χ3n) is 2.28. The summed E-state index contributed by atoms with van der Waals surface area (Å²) in [5.41, 5.74) is 3.34. The Kier molecular flexibility index (Phi) is 4.10. The molecule has 0 radical (unpaired) electrons. The van der Waals surface area contributed by atoms with Crippen LogP contribution in [0.4, 0.5) is 0 Å². The zero-order chi connectivity index (χ0) is 11.3. The first-order valence-electron chi connectivity index (χ1n) is 5.06. The van der Waals surface area contributed by atoms with Crippen molar-refractivity contribution in [2.75, 3.05) is 0 Å². The molecule has 0 aromatic heterocycles. The Hall–Kier alpha value is -1.57. The lowest BCUT2D eigenvalue weighted by molar-refractivity contribution is -0.137. The molecule has 0 aliphatic rings. The molecule has 0 aliphatic heterocycles. The fraction of sp³-hybridized carbons (Fsp3) is 0.308. The number of carboxylic acids is 1. The van der Waals surface area contributed by atoms with Gasteiger partial charge in [-0.15, -0.1) is 0 Å². The summed E-state index contributed by atoms with van der Waals surface area (Å²) in [6.45, 7) is 5.85. The van der Waals surface area contributed by atoms with E-state index in [1.807, 2.05) is 25.1 Å². The van der Waals surface area contributed by atoms with Gasteiger partial charge in [-0.1, -0.05) is 36.4 Å². The van der Waals surface area contributed by atoms with Crippen molar-refractivity contribution in [3.63, 3.8) is 0 Å². The minimum Gasteiger partial charge on any atom is -0.481 e. The second kappa shape index (κ2) is 5.35. The Bertz CT molecular complexity index is 367. The molecule has 0 atom stereocenters. The van der Waals surface area contributed by atoms with Gasteiger partial charge in [0.15, 0.2) is 0 Å². The smallest absolute Gasteiger partial charge is 0.303 e. The highest BCUT2D eigenvalue weighted by molar-refractivity contribution is 5.66. The van der Waals surface area contributed by atoms with Gasteiger partial charge >= 0.3 is 5.97 Å². The van der Waals surface area contributed by atoms with Gasteiger partial charge in [0.25, 0.3) is 0 Å². The van der Waals surface area contributed by atoms with E-state index in [2.05, 4.69) is 12.6 Å². The summed E-state index contributed by atoms with van der Waals surface area (Å²) in [6.07, 6.45) is 1.74. The number of aryl methyl sites for hydroxylation is 1. The highest BCUT2D eigenvalue weighted by Gasteiger charge is 1.99. The van der Waals surface area contributed by atoms with Crippen LogP contribution in [0, 0.1) is 0 Å². The van der Waals surface area contributed by atoms with Gasteiger partial charge in [-0.3, -0.25) is 4.79 Å². The van der Waals surface area contributed by atoms with E-state index in [0.717, 1.165) is 17.6 Å². The van der Waals surface area contributed by atoms with Crippen LogP contribution in [0.3, 0.4) is 0 Å². The van der Waals surface area contributed by atoms with Crippen molar-refractivity contribution in [1.29, 1.82) is 0 Å². The summed E-state index contributed by atoms with van der Waals surface area (Å²) in [4.78, 5) is 10.4. The van der Waals surface area contributed by atoms with Crippen LogP contribution >= 0.6 is 0 Å². The number of benzene rings is 1. The standard InChI is InChI=1S/C13H16O2/c1-10(2)12-7-3-5-11(9-12)6-4-8-13(14)15/h3,5,7,9H,1,4,6,8H2,2H3,(H,14,15). The number of aliphatic carboxylic acids is 1. The lowest BCUT2D eigenvalue weighted by Crippen LogP contribution is -1.96. The van der Waals surface area contributed by atoms with Crippen molar-refractivity contribution < 1.29 is 9.90 Å². The number of hydrogen-bond acceptors (Lipinski definition) is 1. The van der Waals surface area contributed by atoms with Gasteiger partial charge in [0.2, 0.25) is 0 Å². The van der Waals surface area contributed by atoms with E-state index in [4.69, 9.17) is 5.11 Å². The number of carbonyl (C=O) groups is 1. The molecule has 1 aromatic carbocycles. The zero-order valence-electron chi connectivity index (χ0n) is 8.99. The lowest BCUT2D eigenvalue weighted by atomic mass is 10.0. The minimum absolute atomic E-state index is 0.233. The first kappa shape index (κ1) is 11.5. The maximum Gasteiger partial charge on any atom is 0.303 e. The molecule has 2 nitrogen and oxygen atoms in total. The molecular formula is C13H16O2. The number of hydrogen-bond donors (Lipinski definition) is 1. The molecule has 1 rings (SSSR count). The first-order chi connectivity index (χ1) is 7.09. The fourth-order valence-corrected chi connectivity index (χ4v) is 1.44. The van der Waals surface area contributed by atoms with E-state index in [1.165, 1.54) is 5.56 Å². The van der Waals surface area contributed by atoms with Crippen LogP contribution < -0.4 is 0 Å². The van der Waals surface area contributed by atoms with Gasteiger partial charge < -0.3 is 5.11 Å². The van der Waals surface area contributed by atoms with Crippen LogP contribution in [0.15, 0.2) is 30.8 Å². The van der Waals surface area contributed by atoms with Gasteiger partial charge in [0.05, 0.1) is 0 Å². The van der Waals surface area contributed by atoms with Crippen molar-refractivity contribution in [3.8, 4) is 0 Å². The summed E-state index contributed by atoms with van der Waals surface area (Å²) < 4.78 is 0. The van der Waals surface area contributed by atoms with Crippen molar-refractivity contribution in [2.24, 2.45) is 0 Å². The second-order valence-corrected chi connectivity index (χ2v) is 3.73. The average molecular weight is 204 g/mol. The highest BCUT2D eigenvalue weighted by atomic mass is 16.4. The van der Waals surface area contributed by atoms with Crippen LogP contribution in [0.2, 0.25) is 0 Å². The molecule has 15 heavy (non-hydrogen) atoms. The van der Waals surface area contributed by atoms with E-state index in [-0.39, 0.29) is 6.42 Å². The predicted molar refractivity (Wildman–Crippen MR) is 61.7 cm³/mol. The fourth-order valence-electron chi connectivity index (χ4n) is 1.44. The SMILES string of the molecule is C=C(C)c1cccc(CCCC(=O)O)c1. The summed E-state index contributed by atoms with van der Waals surface area (Å²) >= 11 is 0. The second-order valence-electron chi connectivity index (χ2n) is 3.73. The molecular weight excluding hydrogens is 188 g/mol. The van der Waals surface area contributed by atoms with Crippen LogP contribution in [-0.2, 0) is 11.2 Å².